The van der Waals surface area contributed by atoms with Crippen LogP contribution >= 0.6 is 0 Å². The number of ether oxygens (including phenoxy) is 1. The van der Waals surface area contributed by atoms with Crippen LogP contribution in [0.2, 0.25) is 0 Å². The molecule has 0 fully saturated rings. The Morgan fingerprint density at radius 1 is 1.43 bits per heavy atom. The molecule has 23 heavy (non-hydrogen) atoms. The molecule has 2 aromatic heterocycles. The fraction of sp³-hybridized carbons (Fsp3) is 0.571. The lowest BCUT2D eigenvalue weighted by atomic mass is 10.3. The third-order valence-corrected chi connectivity index (χ3v) is 3.87. The molecule has 0 amide bonds. The van der Waals surface area contributed by atoms with Gasteiger partial charge in [0.15, 0.2) is 5.82 Å². The van der Waals surface area contributed by atoms with E-state index in [9.17, 15) is 8.76 Å². The fourth-order valence-corrected chi connectivity index (χ4v) is 2.74. The minimum absolute atomic E-state index is 0.409. The van der Waals surface area contributed by atoms with Crippen molar-refractivity contribution in [2.45, 2.75) is 39.8 Å². The van der Waals surface area contributed by atoms with E-state index >= 15 is 0 Å². The van der Waals surface area contributed by atoms with E-state index in [4.69, 9.17) is 10.5 Å². The molecule has 0 radical (unpaired) electrons. The summed E-state index contributed by atoms with van der Waals surface area (Å²) in [5, 5.41) is 0. The summed E-state index contributed by atoms with van der Waals surface area (Å²) in [6.07, 6.45) is 1.55. The first-order valence-corrected chi connectivity index (χ1v) is 8.63. The largest absolute Gasteiger partial charge is 0.760 e. The van der Waals surface area contributed by atoms with E-state index in [2.05, 4.69) is 19.3 Å². The molecule has 128 valence electrons. The van der Waals surface area contributed by atoms with Crippen molar-refractivity contribution in [1.82, 2.24) is 19.3 Å². The Balaban J connectivity index is 2.18. The number of hydrogen-bond acceptors (Lipinski definition) is 6. The molecule has 2 rings (SSSR count). The normalized spacial score (nSPS) is 12.8. The third kappa shape index (κ3) is 4.71. The predicted octanol–water partition coefficient (Wildman–Crippen LogP) is 1.02. The van der Waals surface area contributed by atoms with Gasteiger partial charge in [-0.2, -0.15) is 0 Å². The van der Waals surface area contributed by atoms with Crippen molar-refractivity contribution in [2.24, 2.45) is 0 Å². The molecule has 0 aliphatic carbocycles. The maximum absolute atomic E-state index is 10.4. The van der Waals surface area contributed by atoms with Crippen molar-refractivity contribution in [1.29, 1.82) is 0 Å². The van der Waals surface area contributed by atoms with Gasteiger partial charge in [-0.3, -0.25) is 4.21 Å². The average Bonchev–Trinajstić information content (AvgIpc) is 2.83. The van der Waals surface area contributed by atoms with Gasteiger partial charge in [0.2, 0.25) is 0 Å². The molecule has 0 aromatic carbocycles. The van der Waals surface area contributed by atoms with E-state index in [0.29, 0.717) is 31.1 Å². The van der Waals surface area contributed by atoms with E-state index in [-0.39, 0.29) is 0 Å². The molecule has 8 nitrogen and oxygen atoms in total. The smallest absolute Gasteiger partial charge is 0.151 e. The van der Waals surface area contributed by atoms with Gasteiger partial charge in [0.1, 0.15) is 17.9 Å². The number of nitrogen functional groups attached to an aromatic ring is 1. The number of rotatable bonds is 9. The Morgan fingerprint density at radius 2 is 2.22 bits per heavy atom. The summed E-state index contributed by atoms with van der Waals surface area (Å²) in [5.74, 6) is 1.22. The van der Waals surface area contributed by atoms with Crippen molar-refractivity contribution in [2.75, 3.05) is 18.9 Å². The van der Waals surface area contributed by atoms with Gasteiger partial charge in [-0.1, -0.05) is 0 Å². The van der Waals surface area contributed by atoms with Gasteiger partial charge in [0, 0.05) is 36.7 Å². The van der Waals surface area contributed by atoms with Crippen molar-refractivity contribution in [3.8, 4) is 0 Å². The summed E-state index contributed by atoms with van der Waals surface area (Å²) < 4.78 is 30.8. The van der Waals surface area contributed by atoms with Gasteiger partial charge in [0.05, 0.1) is 5.52 Å². The van der Waals surface area contributed by atoms with Crippen LogP contribution in [-0.4, -0.2) is 36.4 Å². The number of hydrogen-bond donors (Lipinski definition) is 2. The Kier molecular flexibility index (Phi) is 6.46. The fourth-order valence-electron chi connectivity index (χ4n) is 2.42. The third-order valence-electron chi connectivity index (χ3n) is 3.43. The summed E-state index contributed by atoms with van der Waals surface area (Å²) in [5.41, 5.74) is 8.43. The van der Waals surface area contributed by atoms with E-state index in [0.717, 1.165) is 36.4 Å². The Bertz CT molecular complexity index is 689. The van der Waals surface area contributed by atoms with Crippen molar-refractivity contribution in [3.05, 3.63) is 17.6 Å². The van der Waals surface area contributed by atoms with Crippen LogP contribution < -0.4 is 10.5 Å². The lowest BCUT2D eigenvalue weighted by molar-refractivity contribution is 0.126. The molecule has 1 unspecified atom stereocenters. The predicted molar refractivity (Wildman–Crippen MR) is 88.2 cm³/mol. The molecule has 2 heterocycles. The van der Waals surface area contributed by atoms with Crippen LogP contribution in [0.15, 0.2) is 6.07 Å². The second kappa shape index (κ2) is 8.34. The Morgan fingerprint density at radius 3 is 2.91 bits per heavy atom. The zero-order valence-electron chi connectivity index (χ0n) is 13.4. The molecule has 1 atom stereocenters. The van der Waals surface area contributed by atoms with Crippen LogP contribution in [0.25, 0.3) is 11.0 Å². The van der Waals surface area contributed by atoms with E-state index in [1.165, 1.54) is 0 Å². The Labute approximate surface area is 137 Å². The number of aryl methyl sites for hydroxylation is 2. The highest BCUT2D eigenvalue weighted by Crippen LogP contribution is 2.22. The number of fused-ring (bicyclic) bond motifs is 1. The summed E-state index contributed by atoms with van der Waals surface area (Å²) in [4.78, 5) is 8.80. The molecular formula is C14H22N5O3S-. The molecule has 0 spiro atoms. The SMILES string of the molecule is CCOCc1nc2c(N)nc(C)cc2n1CCCCNS(=O)[O-]. The highest BCUT2D eigenvalue weighted by atomic mass is 32.2. The van der Waals surface area contributed by atoms with E-state index in [1.807, 2.05) is 19.9 Å². The van der Waals surface area contributed by atoms with Crippen molar-refractivity contribution >= 4 is 28.1 Å². The monoisotopic (exact) mass is 340 g/mol. The Hall–Kier alpha value is -1.55. The first-order chi connectivity index (χ1) is 11.0. The van der Waals surface area contributed by atoms with Gasteiger partial charge < -0.3 is 19.6 Å². The molecule has 9 heteroatoms. The molecule has 0 aliphatic heterocycles. The quantitative estimate of drug-likeness (QED) is 0.520. The number of nitrogens with one attached hydrogen (secondary N) is 1. The molecular weight excluding hydrogens is 318 g/mol. The number of aromatic nitrogens is 3. The van der Waals surface area contributed by atoms with E-state index < -0.39 is 11.3 Å². The maximum atomic E-state index is 10.4. The molecule has 2 aromatic rings. The second-order valence-electron chi connectivity index (χ2n) is 5.17. The van der Waals surface area contributed by atoms with Crippen LogP contribution in [0.1, 0.15) is 31.3 Å². The van der Waals surface area contributed by atoms with Crippen LogP contribution in [-0.2, 0) is 29.2 Å². The van der Waals surface area contributed by atoms with Crippen molar-refractivity contribution in [3.63, 3.8) is 0 Å². The van der Waals surface area contributed by atoms with Crippen molar-refractivity contribution < 1.29 is 13.5 Å². The summed E-state index contributed by atoms with van der Waals surface area (Å²) >= 11 is -2.21. The summed E-state index contributed by atoms with van der Waals surface area (Å²) in [7, 11) is 0. The zero-order chi connectivity index (χ0) is 16.8. The van der Waals surface area contributed by atoms with Gasteiger partial charge >= 0.3 is 0 Å². The summed E-state index contributed by atoms with van der Waals surface area (Å²) in [6, 6.07) is 1.96. The number of imidazole rings is 1. The molecule has 0 aliphatic rings. The van der Waals surface area contributed by atoms with Gasteiger partial charge in [-0.25, -0.2) is 14.7 Å². The average molecular weight is 340 g/mol. The standard InChI is InChI=1S/C14H23N5O3S/c1-3-22-9-12-18-13-11(8-10(2)17-14(13)15)19(12)7-5-4-6-16-23(20)21/h8,16H,3-7,9H2,1-2H3,(H2,15,17)(H,20,21)/p-1. The van der Waals surface area contributed by atoms with Gasteiger partial charge in [-0.15, -0.1) is 0 Å². The minimum atomic E-state index is -2.21. The highest BCUT2D eigenvalue weighted by molar-refractivity contribution is 7.77. The second-order valence-corrected chi connectivity index (χ2v) is 5.93. The number of pyridine rings is 1. The number of nitrogens with zero attached hydrogens (tertiary/aromatic N) is 3. The molecule has 3 N–H and O–H groups in total. The number of anilines is 1. The summed E-state index contributed by atoms with van der Waals surface area (Å²) in [6.45, 7) is 5.98. The number of unbranched alkanes of at least 4 members (excludes halogenated alkanes) is 1. The minimum Gasteiger partial charge on any atom is -0.760 e. The van der Waals surface area contributed by atoms with Gasteiger partial charge in [-0.05, 0) is 32.8 Å². The zero-order valence-corrected chi connectivity index (χ0v) is 14.2. The molecule has 0 bridgehead atoms. The topological polar surface area (TPSA) is 118 Å². The lowest BCUT2D eigenvalue weighted by Gasteiger charge is -2.10. The molecule has 0 saturated heterocycles. The highest BCUT2D eigenvalue weighted by Gasteiger charge is 2.14. The lowest BCUT2D eigenvalue weighted by Crippen LogP contribution is -2.18. The van der Waals surface area contributed by atoms with E-state index in [1.54, 1.807) is 0 Å². The van der Waals surface area contributed by atoms with Crippen LogP contribution in [0.4, 0.5) is 5.82 Å². The molecule has 0 saturated carbocycles. The maximum Gasteiger partial charge on any atom is 0.151 e. The van der Waals surface area contributed by atoms with Gasteiger partial charge in [0.25, 0.3) is 0 Å². The first-order valence-electron chi connectivity index (χ1n) is 7.55. The van der Waals surface area contributed by atoms with Crippen LogP contribution in [0.3, 0.4) is 0 Å². The van der Waals surface area contributed by atoms with Crippen LogP contribution in [0.5, 0.6) is 0 Å². The van der Waals surface area contributed by atoms with Crippen LogP contribution in [0, 0.1) is 6.92 Å². The number of nitrogens with two attached hydrogens (primary N) is 1. The first kappa shape index (κ1) is 17.8.